The van der Waals surface area contributed by atoms with E-state index in [-0.39, 0.29) is 29.9 Å². The molecule has 3 N–H and O–H groups in total. The van der Waals surface area contributed by atoms with E-state index in [0.29, 0.717) is 9.90 Å². The van der Waals surface area contributed by atoms with Crippen LogP contribution in [0.5, 0.6) is 0 Å². The van der Waals surface area contributed by atoms with Gasteiger partial charge in [0.2, 0.25) is 11.9 Å². The number of amides is 1. The average Bonchev–Trinajstić information content (AvgIpc) is 3.24. The highest BCUT2D eigenvalue weighted by atomic mass is 35.5. The summed E-state index contributed by atoms with van der Waals surface area (Å²) in [5, 5.41) is 2.36. The van der Waals surface area contributed by atoms with Crippen molar-refractivity contribution in [2.24, 2.45) is 10.7 Å². The number of aliphatic imine (C=N–C) groups is 1. The summed E-state index contributed by atoms with van der Waals surface area (Å²) in [7, 11) is 0.140. The minimum atomic E-state index is -1.46. The first-order chi connectivity index (χ1) is 13.3. The molecule has 0 bridgehead atoms. The zero-order valence-electron chi connectivity index (χ0n) is 14.5. The zero-order chi connectivity index (χ0) is 20.1. The summed E-state index contributed by atoms with van der Waals surface area (Å²) in [6.07, 6.45) is 0. The second-order valence-corrected chi connectivity index (χ2v) is 9.39. The highest BCUT2D eigenvalue weighted by Gasteiger charge is 2.55. The maximum Gasteiger partial charge on any atom is 0.266 e. The molecule has 28 heavy (non-hydrogen) atoms. The second kappa shape index (κ2) is 7.07. The number of carbonyl (C=O) groups excluding carboxylic acids is 1. The lowest BCUT2D eigenvalue weighted by molar-refractivity contribution is 0.103. The minimum absolute atomic E-state index is 0.0824. The smallest absolute Gasteiger partial charge is 0.266 e. The van der Waals surface area contributed by atoms with Crippen molar-refractivity contribution in [2.45, 2.75) is 10.8 Å². The van der Waals surface area contributed by atoms with Gasteiger partial charge in [-0.05, 0) is 18.2 Å². The highest BCUT2D eigenvalue weighted by molar-refractivity contribution is 7.84. The molecule has 4 heterocycles. The van der Waals surface area contributed by atoms with Crippen LogP contribution in [-0.4, -0.2) is 50.9 Å². The largest absolute Gasteiger partial charge is 0.377 e. The number of pyridine rings is 1. The number of halogens is 2. The Kier molecular flexibility index (Phi) is 4.86. The molecule has 12 heteroatoms. The molecule has 0 radical (unpaired) electrons. The van der Waals surface area contributed by atoms with E-state index in [1.165, 1.54) is 28.6 Å². The van der Waals surface area contributed by atoms with Gasteiger partial charge >= 0.3 is 0 Å². The molecule has 2 aromatic rings. The van der Waals surface area contributed by atoms with Crippen molar-refractivity contribution < 1.29 is 18.1 Å². The molecule has 0 aliphatic carbocycles. The Bertz CT molecular complexity index is 1020. The van der Waals surface area contributed by atoms with E-state index in [1.807, 2.05) is 0 Å². The SMILES string of the molecule is CN1C(N)=NC2(c3sc(C(=O)Nc4cccc(F)n4)cc3Cl)COCC2S1=O. The number of anilines is 1. The molecule has 0 aromatic carbocycles. The van der Waals surface area contributed by atoms with E-state index in [0.717, 1.165) is 11.3 Å². The number of carbonyl (C=O) groups is 1. The number of aromatic nitrogens is 1. The highest BCUT2D eigenvalue weighted by Crippen LogP contribution is 2.47. The molecule has 8 nitrogen and oxygen atoms in total. The average molecular weight is 444 g/mol. The monoisotopic (exact) mass is 443 g/mol. The number of nitrogens with one attached hydrogen (secondary N) is 1. The fourth-order valence-electron chi connectivity index (χ4n) is 3.13. The summed E-state index contributed by atoms with van der Waals surface area (Å²) in [6.45, 7) is 0.390. The Morgan fingerprint density at radius 3 is 3.11 bits per heavy atom. The zero-order valence-corrected chi connectivity index (χ0v) is 16.9. The van der Waals surface area contributed by atoms with Crippen LogP contribution in [0.2, 0.25) is 5.02 Å². The lowest BCUT2D eigenvalue weighted by atomic mass is 9.96. The molecule has 1 amide bonds. The maximum absolute atomic E-state index is 13.2. The summed E-state index contributed by atoms with van der Waals surface area (Å²) >= 11 is 7.53. The topological polar surface area (TPSA) is 110 Å². The van der Waals surface area contributed by atoms with E-state index in [1.54, 1.807) is 7.05 Å². The van der Waals surface area contributed by atoms with Crippen LogP contribution in [0.3, 0.4) is 0 Å². The van der Waals surface area contributed by atoms with Crippen LogP contribution in [-0.2, 0) is 21.3 Å². The Morgan fingerprint density at radius 2 is 2.36 bits per heavy atom. The van der Waals surface area contributed by atoms with Crippen LogP contribution in [0.4, 0.5) is 10.2 Å². The van der Waals surface area contributed by atoms with Crippen LogP contribution >= 0.6 is 22.9 Å². The molecule has 148 valence electrons. The standard InChI is InChI=1S/C16H15ClFN5O3S2/c1-23-15(19)22-16(7-26-6-10(16)28(23)25)13-8(17)5-9(27-13)14(24)21-12-4-2-3-11(18)20-12/h2-5,10H,6-7H2,1H3,(H2,19,22)(H,20,21,24). The van der Waals surface area contributed by atoms with E-state index in [2.05, 4.69) is 15.3 Å². The normalized spacial score (nSPS) is 26.7. The van der Waals surface area contributed by atoms with Gasteiger partial charge in [-0.1, -0.05) is 17.7 Å². The van der Waals surface area contributed by atoms with E-state index in [4.69, 9.17) is 22.1 Å². The van der Waals surface area contributed by atoms with E-state index in [9.17, 15) is 13.4 Å². The van der Waals surface area contributed by atoms with Crippen LogP contribution in [0.15, 0.2) is 29.3 Å². The van der Waals surface area contributed by atoms with E-state index < -0.39 is 33.6 Å². The summed E-state index contributed by atoms with van der Waals surface area (Å²) in [5.74, 6) is -1.00. The van der Waals surface area contributed by atoms with Gasteiger partial charge < -0.3 is 15.8 Å². The van der Waals surface area contributed by atoms with Crippen molar-refractivity contribution in [1.82, 2.24) is 9.29 Å². The van der Waals surface area contributed by atoms with Gasteiger partial charge in [0.05, 0.1) is 28.0 Å². The third kappa shape index (κ3) is 3.08. The van der Waals surface area contributed by atoms with Gasteiger partial charge in [0.15, 0.2) is 0 Å². The molecule has 2 aromatic heterocycles. The number of ether oxygens (including phenoxy) is 1. The molecule has 0 saturated carbocycles. The Hall–Kier alpha value is -2.08. The minimum Gasteiger partial charge on any atom is -0.377 e. The molecule has 2 aliphatic rings. The molecular formula is C16H15ClFN5O3S2. The van der Waals surface area contributed by atoms with Gasteiger partial charge in [0.1, 0.15) is 27.6 Å². The van der Waals surface area contributed by atoms with Crippen LogP contribution < -0.4 is 11.1 Å². The van der Waals surface area contributed by atoms with E-state index >= 15 is 0 Å². The molecule has 1 fully saturated rings. The Morgan fingerprint density at radius 1 is 1.57 bits per heavy atom. The van der Waals surface area contributed by atoms with Crippen molar-refractivity contribution in [3.05, 3.63) is 45.0 Å². The molecule has 2 aliphatic heterocycles. The van der Waals surface area contributed by atoms with Gasteiger partial charge in [-0.25, -0.2) is 14.2 Å². The number of guanidine groups is 1. The predicted octanol–water partition coefficient (Wildman–Crippen LogP) is 1.71. The Balaban J connectivity index is 1.69. The van der Waals surface area contributed by atoms with Gasteiger partial charge in [-0.3, -0.25) is 9.10 Å². The van der Waals surface area contributed by atoms with Crippen LogP contribution in [0.25, 0.3) is 0 Å². The molecule has 4 rings (SSSR count). The van der Waals surface area contributed by atoms with Crippen molar-refractivity contribution in [3.63, 3.8) is 0 Å². The van der Waals surface area contributed by atoms with Gasteiger partial charge in [-0.2, -0.15) is 4.39 Å². The molecule has 3 unspecified atom stereocenters. The van der Waals surface area contributed by atoms with Gasteiger partial charge in [0, 0.05) is 7.05 Å². The van der Waals surface area contributed by atoms with Crippen molar-refractivity contribution >= 4 is 51.6 Å². The number of fused-ring (bicyclic) bond motifs is 1. The number of rotatable bonds is 3. The Labute approximate surface area is 171 Å². The third-order valence-corrected chi connectivity index (χ3v) is 7.98. The number of hydrogen-bond donors (Lipinski definition) is 2. The number of nitrogens with zero attached hydrogens (tertiary/aromatic N) is 3. The first-order valence-electron chi connectivity index (χ1n) is 8.13. The van der Waals surface area contributed by atoms with Gasteiger partial charge in [0.25, 0.3) is 5.91 Å². The second-order valence-electron chi connectivity index (χ2n) is 6.26. The fourth-order valence-corrected chi connectivity index (χ4v) is 6.17. The summed E-state index contributed by atoms with van der Waals surface area (Å²) in [5.41, 5.74) is 4.93. The molecule has 0 spiro atoms. The lowest BCUT2D eigenvalue weighted by Gasteiger charge is -2.36. The number of nitrogens with two attached hydrogens (primary N) is 1. The maximum atomic E-state index is 13.2. The molecule has 3 atom stereocenters. The summed E-state index contributed by atoms with van der Waals surface area (Å²) < 4.78 is 32.9. The third-order valence-electron chi connectivity index (χ3n) is 4.53. The first kappa shape index (κ1) is 19.2. The van der Waals surface area contributed by atoms with Gasteiger partial charge in [-0.15, -0.1) is 11.3 Å². The first-order valence-corrected chi connectivity index (χ1v) is 10.5. The summed E-state index contributed by atoms with van der Waals surface area (Å²) in [6, 6.07) is 5.59. The number of thiophene rings is 1. The predicted molar refractivity (Wildman–Crippen MR) is 105 cm³/mol. The molecule has 1 saturated heterocycles. The van der Waals surface area contributed by atoms with Crippen LogP contribution in [0.1, 0.15) is 14.5 Å². The molecular weight excluding hydrogens is 429 g/mol. The quantitative estimate of drug-likeness (QED) is 0.702. The fraction of sp³-hybridized carbons (Fsp3) is 0.312. The summed E-state index contributed by atoms with van der Waals surface area (Å²) in [4.78, 5) is 21.5. The lowest BCUT2D eigenvalue weighted by Crippen LogP contribution is -2.53. The van der Waals surface area contributed by atoms with Crippen molar-refractivity contribution in [3.8, 4) is 0 Å². The van der Waals surface area contributed by atoms with Crippen LogP contribution in [0, 0.1) is 5.95 Å². The van der Waals surface area contributed by atoms with Crippen molar-refractivity contribution in [2.75, 3.05) is 25.6 Å². The number of hydrogen-bond acceptors (Lipinski definition) is 7. The van der Waals surface area contributed by atoms with Crippen molar-refractivity contribution in [1.29, 1.82) is 0 Å².